The number of para-hydroxylation sites is 1. The Kier molecular flexibility index (Phi) is 7.01. The molecule has 5 nitrogen and oxygen atoms in total. The van der Waals surface area contributed by atoms with E-state index in [9.17, 15) is 9.59 Å². The number of ketones is 1. The molecule has 0 saturated carbocycles. The minimum Gasteiger partial charge on any atom is -0.455 e. The zero-order valence-electron chi connectivity index (χ0n) is 19.8. The van der Waals surface area contributed by atoms with Gasteiger partial charge in [0.25, 0.3) is 5.91 Å². The van der Waals surface area contributed by atoms with Crippen molar-refractivity contribution < 1.29 is 14.3 Å². The highest BCUT2D eigenvalue weighted by Crippen LogP contribution is 2.36. The number of hydrogen-bond donors (Lipinski definition) is 1. The second-order valence-corrected chi connectivity index (χ2v) is 10.6. The zero-order chi connectivity index (χ0) is 23.7. The molecule has 172 valence electrons. The molecule has 0 atom stereocenters. The molecule has 6 heteroatoms. The van der Waals surface area contributed by atoms with Crippen LogP contribution < -0.4 is 10.1 Å². The third-order valence-corrected chi connectivity index (χ3v) is 6.04. The molecule has 0 radical (unpaired) electrons. The molecular formula is C26H33ClN2O3. The molecule has 0 bridgehead atoms. The van der Waals surface area contributed by atoms with Gasteiger partial charge in [-0.2, -0.15) is 0 Å². The monoisotopic (exact) mass is 456 g/mol. The van der Waals surface area contributed by atoms with Crippen molar-refractivity contribution in [3.63, 3.8) is 0 Å². The molecule has 0 unspecified atom stereocenters. The number of halogens is 1. The fourth-order valence-corrected chi connectivity index (χ4v) is 5.13. The van der Waals surface area contributed by atoms with Crippen molar-refractivity contribution in [3.8, 4) is 11.5 Å². The molecule has 1 heterocycles. The van der Waals surface area contributed by atoms with Crippen LogP contribution in [0.2, 0.25) is 5.02 Å². The van der Waals surface area contributed by atoms with E-state index < -0.39 is 0 Å². The van der Waals surface area contributed by atoms with Crippen molar-refractivity contribution in [3.05, 3.63) is 58.6 Å². The van der Waals surface area contributed by atoms with E-state index in [1.807, 2.05) is 0 Å². The summed E-state index contributed by atoms with van der Waals surface area (Å²) in [5.74, 6) is 1.07. The number of Topliss-reactive ketones (excluding diaryl/α,β-unsaturated/α-hetero) is 1. The first-order chi connectivity index (χ1) is 14.9. The number of benzene rings is 2. The number of hydrogen-bond acceptors (Lipinski definition) is 4. The Morgan fingerprint density at radius 2 is 1.66 bits per heavy atom. The van der Waals surface area contributed by atoms with Gasteiger partial charge >= 0.3 is 0 Å². The van der Waals surface area contributed by atoms with Gasteiger partial charge in [0, 0.05) is 37.2 Å². The van der Waals surface area contributed by atoms with E-state index in [1.54, 1.807) is 56.6 Å². The van der Waals surface area contributed by atoms with Crippen LogP contribution in [-0.4, -0.2) is 41.8 Å². The quantitative estimate of drug-likeness (QED) is 0.544. The molecule has 2 aromatic carbocycles. The third-order valence-electron chi connectivity index (χ3n) is 5.75. The lowest BCUT2D eigenvalue weighted by Gasteiger charge is -2.46. The number of nitrogens with zero attached hydrogens (tertiary/aromatic N) is 1. The second kappa shape index (κ2) is 9.24. The SMILES string of the molecule is CN(C)C(=O)c1ccccc1Oc1ccc(C(=O)CC2CC(C)(C)NC(C)(C)C2)cc1Cl. The van der Waals surface area contributed by atoms with Crippen LogP contribution in [0.4, 0.5) is 0 Å². The van der Waals surface area contributed by atoms with Crippen LogP contribution >= 0.6 is 11.6 Å². The summed E-state index contributed by atoms with van der Waals surface area (Å²) >= 11 is 6.47. The Hall–Kier alpha value is -2.37. The lowest BCUT2D eigenvalue weighted by Crippen LogP contribution is -2.57. The lowest BCUT2D eigenvalue weighted by atomic mass is 9.74. The minimum absolute atomic E-state index is 0.000573. The Morgan fingerprint density at radius 1 is 1.03 bits per heavy atom. The number of carbonyl (C=O) groups excluding carboxylic acids is 2. The van der Waals surface area contributed by atoms with E-state index in [2.05, 4.69) is 33.0 Å². The molecular weight excluding hydrogens is 424 g/mol. The van der Waals surface area contributed by atoms with E-state index in [4.69, 9.17) is 16.3 Å². The van der Waals surface area contributed by atoms with Gasteiger partial charge in [0.2, 0.25) is 0 Å². The van der Waals surface area contributed by atoms with Gasteiger partial charge in [0.15, 0.2) is 5.78 Å². The molecule has 0 aliphatic carbocycles. The predicted molar refractivity (Wildman–Crippen MR) is 129 cm³/mol. The molecule has 32 heavy (non-hydrogen) atoms. The highest BCUT2D eigenvalue weighted by molar-refractivity contribution is 6.32. The summed E-state index contributed by atoms with van der Waals surface area (Å²) in [6.07, 6.45) is 2.40. The van der Waals surface area contributed by atoms with Crippen molar-refractivity contribution >= 4 is 23.3 Å². The van der Waals surface area contributed by atoms with Crippen LogP contribution in [0.15, 0.2) is 42.5 Å². The second-order valence-electron chi connectivity index (χ2n) is 10.2. The first kappa shape index (κ1) is 24.3. The van der Waals surface area contributed by atoms with E-state index in [1.165, 1.54) is 4.90 Å². The van der Waals surface area contributed by atoms with E-state index in [-0.39, 0.29) is 22.8 Å². The van der Waals surface area contributed by atoms with Gasteiger partial charge in [-0.05, 0) is 76.8 Å². The number of piperidine rings is 1. The van der Waals surface area contributed by atoms with Gasteiger partial charge < -0.3 is 15.0 Å². The summed E-state index contributed by atoms with van der Waals surface area (Å²) in [6, 6.07) is 12.1. The number of ether oxygens (including phenoxy) is 1. The van der Waals surface area contributed by atoms with Crippen molar-refractivity contribution in [1.29, 1.82) is 0 Å². The van der Waals surface area contributed by atoms with Crippen molar-refractivity contribution in [2.75, 3.05) is 14.1 Å². The highest BCUT2D eigenvalue weighted by atomic mass is 35.5. The average molecular weight is 457 g/mol. The fraction of sp³-hybridized carbons (Fsp3) is 0.462. The summed E-state index contributed by atoms with van der Waals surface area (Å²) in [5, 5.41) is 4.00. The van der Waals surface area contributed by atoms with Crippen molar-refractivity contribution in [1.82, 2.24) is 10.2 Å². The average Bonchev–Trinajstić information content (AvgIpc) is 2.66. The van der Waals surface area contributed by atoms with Crippen LogP contribution in [0, 0.1) is 5.92 Å². The summed E-state index contributed by atoms with van der Waals surface area (Å²) in [6.45, 7) is 8.75. The Bertz CT molecular complexity index is 998. The van der Waals surface area contributed by atoms with Gasteiger partial charge in [-0.3, -0.25) is 9.59 Å². The number of amides is 1. The lowest BCUT2D eigenvalue weighted by molar-refractivity contribution is 0.0823. The molecule has 2 aromatic rings. The first-order valence-corrected chi connectivity index (χ1v) is 11.4. The van der Waals surface area contributed by atoms with Gasteiger partial charge in [0.05, 0.1) is 10.6 Å². The van der Waals surface area contributed by atoms with E-state index >= 15 is 0 Å². The van der Waals surface area contributed by atoms with Gasteiger partial charge in [-0.1, -0.05) is 23.7 Å². The highest BCUT2D eigenvalue weighted by Gasteiger charge is 2.38. The molecule has 1 aliphatic heterocycles. The minimum atomic E-state index is -0.156. The van der Waals surface area contributed by atoms with Gasteiger partial charge in [-0.15, -0.1) is 0 Å². The van der Waals surface area contributed by atoms with Crippen LogP contribution in [0.1, 0.15) is 67.7 Å². The van der Waals surface area contributed by atoms with Crippen LogP contribution in [-0.2, 0) is 0 Å². The van der Waals surface area contributed by atoms with Gasteiger partial charge in [0.1, 0.15) is 11.5 Å². The molecule has 1 fully saturated rings. The Labute approximate surface area is 196 Å². The molecule has 3 rings (SSSR count). The molecule has 1 aliphatic rings. The molecule has 1 N–H and O–H groups in total. The van der Waals surface area contributed by atoms with E-state index in [0.717, 1.165) is 12.8 Å². The summed E-state index contributed by atoms with van der Waals surface area (Å²) in [7, 11) is 3.38. The standard InChI is InChI=1S/C26H33ClN2O3/c1-25(2)15-17(16-26(3,4)28-25)13-21(30)18-11-12-23(20(27)14-18)32-22-10-8-7-9-19(22)24(31)29(5)6/h7-12,14,17,28H,13,15-16H2,1-6H3. The zero-order valence-corrected chi connectivity index (χ0v) is 20.5. The predicted octanol–water partition coefficient (Wildman–Crippen LogP) is 5.96. The number of nitrogens with one attached hydrogen (secondary N) is 1. The Morgan fingerprint density at radius 3 is 2.25 bits per heavy atom. The summed E-state index contributed by atoms with van der Waals surface area (Å²) < 4.78 is 5.95. The largest absolute Gasteiger partial charge is 0.455 e. The van der Waals surface area contributed by atoms with Crippen LogP contribution in [0.3, 0.4) is 0 Å². The van der Waals surface area contributed by atoms with Gasteiger partial charge in [-0.25, -0.2) is 0 Å². The molecule has 0 aromatic heterocycles. The molecule has 1 saturated heterocycles. The van der Waals surface area contributed by atoms with Crippen molar-refractivity contribution in [2.45, 2.75) is 58.0 Å². The summed E-state index contributed by atoms with van der Waals surface area (Å²) in [5.41, 5.74) is 1.03. The normalized spacial score (nSPS) is 17.6. The maximum Gasteiger partial charge on any atom is 0.257 e. The first-order valence-electron chi connectivity index (χ1n) is 11.0. The smallest absolute Gasteiger partial charge is 0.257 e. The van der Waals surface area contributed by atoms with Crippen LogP contribution in [0.5, 0.6) is 11.5 Å². The van der Waals surface area contributed by atoms with E-state index in [0.29, 0.717) is 40.0 Å². The third kappa shape index (κ3) is 5.90. The number of rotatable bonds is 6. The maximum absolute atomic E-state index is 13.0. The maximum atomic E-state index is 13.0. The molecule has 0 spiro atoms. The Balaban J connectivity index is 1.75. The fourth-order valence-electron chi connectivity index (χ4n) is 4.91. The molecule has 1 amide bonds. The van der Waals surface area contributed by atoms with Crippen molar-refractivity contribution in [2.24, 2.45) is 5.92 Å². The number of carbonyl (C=O) groups is 2. The summed E-state index contributed by atoms with van der Waals surface area (Å²) in [4.78, 5) is 26.9. The topological polar surface area (TPSA) is 58.6 Å². The van der Waals surface area contributed by atoms with Crippen LogP contribution in [0.25, 0.3) is 0 Å².